The highest BCUT2D eigenvalue weighted by Crippen LogP contribution is 2.20. The number of hydrogen-bond acceptors (Lipinski definition) is 3. The van der Waals surface area contributed by atoms with Crippen molar-refractivity contribution >= 4 is 5.69 Å². The molecule has 1 aliphatic rings. The summed E-state index contributed by atoms with van der Waals surface area (Å²) in [5.74, 6) is 0.780. The molecule has 0 unspecified atom stereocenters. The molecule has 0 aromatic heterocycles. The number of hydrogen-bond donors (Lipinski definition) is 0. The summed E-state index contributed by atoms with van der Waals surface area (Å²) in [6, 6.07) is 7.04. The minimum atomic E-state index is 0.148. The Morgan fingerprint density at radius 2 is 2.20 bits per heavy atom. The van der Waals surface area contributed by atoms with Gasteiger partial charge in [-0.25, -0.2) is 0 Å². The van der Waals surface area contributed by atoms with Crippen molar-refractivity contribution in [2.24, 2.45) is 5.11 Å². The maximum atomic E-state index is 8.23. The lowest BCUT2D eigenvalue weighted by atomic mass is 10.3. The van der Waals surface area contributed by atoms with Gasteiger partial charge in [-0.3, -0.25) is 0 Å². The van der Waals surface area contributed by atoms with Gasteiger partial charge in [-0.05, 0) is 29.8 Å². The molecular formula is C10H11N3O2. The van der Waals surface area contributed by atoms with Gasteiger partial charge in [-0.1, -0.05) is 5.11 Å². The third-order valence-electron chi connectivity index (χ3n) is 2.19. The summed E-state index contributed by atoms with van der Waals surface area (Å²) >= 11 is 0. The Bertz CT molecular complexity index is 365. The van der Waals surface area contributed by atoms with Crippen molar-refractivity contribution in [1.29, 1.82) is 0 Å². The number of benzene rings is 1. The van der Waals surface area contributed by atoms with Crippen LogP contribution >= 0.6 is 0 Å². The summed E-state index contributed by atoms with van der Waals surface area (Å²) in [6.07, 6.45) is 1.08. The SMILES string of the molecule is [N-]=[N+]=Nc1ccc(O[C@@H]2CCOC2)cc1. The van der Waals surface area contributed by atoms with Crippen molar-refractivity contribution in [2.75, 3.05) is 13.2 Å². The first-order valence-electron chi connectivity index (χ1n) is 4.78. The molecule has 1 saturated heterocycles. The van der Waals surface area contributed by atoms with Gasteiger partial charge in [0.15, 0.2) is 0 Å². The van der Waals surface area contributed by atoms with Crippen LogP contribution in [0.4, 0.5) is 5.69 Å². The van der Waals surface area contributed by atoms with Crippen molar-refractivity contribution < 1.29 is 9.47 Å². The largest absolute Gasteiger partial charge is 0.488 e. The smallest absolute Gasteiger partial charge is 0.124 e. The Hall–Kier alpha value is -1.71. The molecule has 5 nitrogen and oxygen atoms in total. The van der Waals surface area contributed by atoms with E-state index in [2.05, 4.69) is 10.0 Å². The molecule has 0 aliphatic carbocycles. The zero-order valence-corrected chi connectivity index (χ0v) is 8.17. The fourth-order valence-corrected chi connectivity index (χ4v) is 1.44. The first kappa shape index (κ1) is 9.83. The predicted molar refractivity (Wildman–Crippen MR) is 55.1 cm³/mol. The van der Waals surface area contributed by atoms with Crippen LogP contribution in [-0.4, -0.2) is 19.3 Å². The highest BCUT2D eigenvalue weighted by Gasteiger charge is 2.16. The van der Waals surface area contributed by atoms with E-state index in [1.54, 1.807) is 24.3 Å². The minimum absolute atomic E-state index is 0.148. The fraction of sp³-hybridized carbons (Fsp3) is 0.400. The first-order valence-corrected chi connectivity index (χ1v) is 4.78. The monoisotopic (exact) mass is 205 g/mol. The average molecular weight is 205 g/mol. The van der Waals surface area contributed by atoms with E-state index < -0.39 is 0 Å². The highest BCUT2D eigenvalue weighted by atomic mass is 16.5. The van der Waals surface area contributed by atoms with E-state index in [-0.39, 0.29) is 6.10 Å². The van der Waals surface area contributed by atoms with Crippen LogP contribution in [0.25, 0.3) is 10.4 Å². The van der Waals surface area contributed by atoms with E-state index in [9.17, 15) is 0 Å². The second-order valence-corrected chi connectivity index (χ2v) is 3.29. The third kappa shape index (κ3) is 2.62. The highest BCUT2D eigenvalue weighted by molar-refractivity contribution is 5.41. The van der Waals surface area contributed by atoms with Crippen molar-refractivity contribution in [3.63, 3.8) is 0 Å². The molecule has 2 rings (SSSR count). The van der Waals surface area contributed by atoms with Crippen LogP contribution < -0.4 is 4.74 Å². The molecule has 1 heterocycles. The predicted octanol–water partition coefficient (Wildman–Crippen LogP) is 2.80. The van der Waals surface area contributed by atoms with Gasteiger partial charge in [-0.15, -0.1) is 0 Å². The summed E-state index contributed by atoms with van der Waals surface area (Å²) in [7, 11) is 0. The molecule has 78 valence electrons. The number of nitrogens with zero attached hydrogens (tertiary/aromatic N) is 3. The van der Waals surface area contributed by atoms with E-state index in [0.29, 0.717) is 12.3 Å². The fourth-order valence-electron chi connectivity index (χ4n) is 1.44. The van der Waals surface area contributed by atoms with Gasteiger partial charge < -0.3 is 9.47 Å². The Kier molecular flexibility index (Phi) is 3.07. The number of rotatable bonds is 3. The van der Waals surface area contributed by atoms with Crippen molar-refractivity contribution in [3.05, 3.63) is 34.7 Å². The Morgan fingerprint density at radius 1 is 1.40 bits per heavy atom. The van der Waals surface area contributed by atoms with Gasteiger partial charge in [-0.2, -0.15) is 0 Å². The van der Waals surface area contributed by atoms with Gasteiger partial charge in [0.1, 0.15) is 11.9 Å². The molecule has 0 N–H and O–H groups in total. The van der Waals surface area contributed by atoms with E-state index in [4.69, 9.17) is 15.0 Å². The Labute approximate surface area is 87.2 Å². The molecule has 15 heavy (non-hydrogen) atoms. The second-order valence-electron chi connectivity index (χ2n) is 3.29. The first-order chi connectivity index (χ1) is 7.38. The van der Waals surface area contributed by atoms with Gasteiger partial charge >= 0.3 is 0 Å². The van der Waals surface area contributed by atoms with Crippen LogP contribution in [0.1, 0.15) is 6.42 Å². The van der Waals surface area contributed by atoms with E-state index in [1.165, 1.54) is 0 Å². The number of azide groups is 1. The number of ether oxygens (including phenoxy) is 2. The summed E-state index contributed by atoms with van der Waals surface area (Å²) in [4.78, 5) is 2.70. The molecule has 0 saturated carbocycles. The van der Waals surface area contributed by atoms with Crippen molar-refractivity contribution in [1.82, 2.24) is 0 Å². The maximum Gasteiger partial charge on any atom is 0.124 e. The van der Waals surface area contributed by atoms with Gasteiger partial charge in [0.2, 0.25) is 0 Å². The van der Waals surface area contributed by atoms with Crippen LogP contribution in [-0.2, 0) is 4.74 Å². The molecule has 0 radical (unpaired) electrons. The van der Waals surface area contributed by atoms with E-state index in [1.807, 2.05) is 0 Å². The molecule has 0 bridgehead atoms. The van der Waals surface area contributed by atoms with Crippen LogP contribution in [0.3, 0.4) is 0 Å². The normalized spacial score (nSPS) is 19.6. The molecule has 1 fully saturated rings. The zero-order valence-electron chi connectivity index (χ0n) is 8.17. The average Bonchev–Trinajstić information content (AvgIpc) is 2.74. The Balaban J connectivity index is 1.99. The molecule has 1 aromatic rings. The molecule has 1 aromatic carbocycles. The topological polar surface area (TPSA) is 67.2 Å². The van der Waals surface area contributed by atoms with Crippen LogP contribution in [0, 0.1) is 0 Å². The standard InChI is InChI=1S/C10H11N3O2/c11-13-12-8-1-3-9(4-2-8)15-10-5-6-14-7-10/h1-4,10H,5-7H2/t10-/m1/s1. The van der Waals surface area contributed by atoms with Crippen LogP contribution in [0.2, 0.25) is 0 Å². The van der Waals surface area contributed by atoms with E-state index in [0.717, 1.165) is 18.8 Å². The molecule has 1 aliphatic heterocycles. The van der Waals surface area contributed by atoms with E-state index >= 15 is 0 Å². The third-order valence-corrected chi connectivity index (χ3v) is 2.19. The summed E-state index contributed by atoms with van der Waals surface area (Å²) in [5.41, 5.74) is 8.82. The lowest BCUT2D eigenvalue weighted by Gasteiger charge is -2.11. The van der Waals surface area contributed by atoms with Crippen LogP contribution in [0.15, 0.2) is 29.4 Å². The van der Waals surface area contributed by atoms with Gasteiger partial charge in [0.05, 0.1) is 13.2 Å². The molecule has 0 amide bonds. The van der Waals surface area contributed by atoms with Crippen molar-refractivity contribution in [3.8, 4) is 5.75 Å². The molecule has 5 heteroatoms. The minimum Gasteiger partial charge on any atom is -0.488 e. The second kappa shape index (κ2) is 4.68. The Morgan fingerprint density at radius 3 is 2.80 bits per heavy atom. The summed E-state index contributed by atoms with van der Waals surface area (Å²) in [6.45, 7) is 1.42. The molecule has 1 atom stereocenters. The lowest BCUT2D eigenvalue weighted by molar-refractivity contribution is 0.141. The molecule has 0 spiro atoms. The van der Waals surface area contributed by atoms with Gasteiger partial charge in [0, 0.05) is 17.0 Å². The zero-order chi connectivity index (χ0) is 10.5. The van der Waals surface area contributed by atoms with Crippen molar-refractivity contribution in [2.45, 2.75) is 12.5 Å². The maximum absolute atomic E-state index is 8.23. The molecular weight excluding hydrogens is 194 g/mol. The van der Waals surface area contributed by atoms with Crippen LogP contribution in [0.5, 0.6) is 5.75 Å². The summed E-state index contributed by atoms with van der Waals surface area (Å²) in [5, 5.41) is 3.48. The summed E-state index contributed by atoms with van der Waals surface area (Å²) < 4.78 is 10.8. The quantitative estimate of drug-likeness (QED) is 0.432. The van der Waals surface area contributed by atoms with Gasteiger partial charge in [0.25, 0.3) is 0 Å². The lowest BCUT2D eigenvalue weighted by Crippen LogP contribution is -2.15.